The van der Waals surface area contributed by atoms with E-state index in [0.29, 0.717) is 5.02 Å². The number of hydrogen-bond donors (Lipinski definition) is 1. The summed E-state index contributed by atoms with van der Waals surface area (Å²) in [6.07, 6.45) is 1.89. The third kappa shape index (κ3) is 2.49. The minimum atomic E-state index is 0.705. The monoisotopic (exact) mass is 270 g/mol. The second kappa shape index (κ2) is 5.06. The van der Waals surface area contributed by atoms with Crippen LogP contribution in [0.4, 0.5) is 0 Å². The van der Waals surface area contributed by atoms with Crippen molar-refractivity contribution in [1.82, 2.24) is 9.97 Å². The van der Waals surface area contributed by atoms with Crippen LogP contribution >= 0.6 is 11.6 Å². The molecular formula is C16H15ClN2. The molecular weight excluding hydrogens is 256 g/mol. The molecule has 0 saturated carbocycles. The molecule has 0 aliphatic carbocycles. The lowest BCUT2D eigenvalue weighted by molar-refractivity contribution is 0.884. The highest BCUT2D eigenvalue weighted by atomic mass is 35.5. The SMILES string of the molecule is Cc1ccccc1CCc1nc2c(Cl)cccc2[nH]1. The van der Waals surface area contributed by atoms with Gasteiger partial charge < -0.3 is 4.98 Å². The van der Waals surface area contributed by atoms with Crippen LogP contribution in [0, 0.1) is 6.92 Å². The molecule has 1 heterocycles. The number of aromatic amines is 1. The number of nitrogens with one attached hydrogen (secondary N) is 1. The molecule has 96 valence electrons. The van der Waals surface area contributed by atoms with Crippen molar-refractivity contribution in [1.29, 1.82) is 0 Å². The van der Waals surface area contributed by atoms with Gasteiger partial charge in [-0.05, 0) is 36.6 Å². The van der Waals surface area contributed by atoms with Gasteiger partial charge in [0.2, 0.25) is 0 Å². The molecule has 3 aromatic rings. The molecule has 0 saturated heterocycles. The number of rotatable bonds is 3. The fraction of sp³-hybridized carbons (Fsp3) is 0.188. The maximum atomic E-state index is 6.13. The first-order chi connectivity index (χ1) is 9.24. The number of hydrogen-bond acceptors (Lipinski definition) is 1. The van der Waals surface area contributed by atoms with Crippen molar-refractivity contribution in [3.05, 3.63) is 64.4 Å². The van der Waals surface area contributed by atoms with Crippen molar-refractivity contribution in [2.45, 2.75) is 19.8 Å². The Morgan fingerprint density at radius 1 is 1.05 bits per heavy atom. The number of aromatic nitrogens is 2. The van der Waals surface area contributed by atoms with E-state index in [9.17, 15) is 0 Å². The number of H-pyrrole nitrogens is 1. The molecule has 0 fully saturated rings. The molecule has 1 N–H and O–H groups in total. The highest BCUT2D eigenvalue weighted by Gasteiger charge is 2.06. The zero-order chi connectivity index (χ0) is 13.2. The van der Waals surface area contributed by atoms with Crippen LogP contribution in [0.15, 0.2) is 42.5 Å². The molecule has 0 radical (unpaired) electrons. The Morgan fingerprint density at radius 2 is 1.89 bits per heavy atom. The largest absolute Gasteiger partial charge is 0.342 e. The van der Waals surface area contributed by atoms with E-state index in [0.717, 1.165) is 29.7 Å². The maximum absolute atomic E-state index is 6.13. The molecule has 2 nitrogen and oxygen atoms in total. The third-order valence-corrected chi connectivity index (χ3v) is 3.71. The molecule has 0 amide bonds. The molecule has 3 heteroatoms. The first-order valence-electron chi connectivity index (χ1n) is 6.41. The summed E-state index contributed by atoms with van der Waals surface area (Å²) in [4.78, 5) is 7.90. The van der Waals surface area contributed by atoms with Crippen LogP contribution in [0.5, 0.6) is 0 Å². The normalized spacial score (nSPS) is 11.1. The average Bonchev–Trinajstić information content (AvgIpc) is 2.82. The lowest BCUT2D eigenvalue weighted by Gasteiger charge is -2.03. The van der Waals surface area contributed by atoms with Gasteiger partial charge in [0.15, 0.2) is 0 Å². The van der Waals surface area contributed by atoms with E-state index in [1.807, 2.05) is 18.2 Å². The van der Waals surface area contributed by atoms with E-state index in [-0.39, 0.29) is 0 Å². The third-order valence-electron chi connectivity index (χ3n) is 3.40. The van der Waals surface area contributed by atoms with Crippen molar-refractivity contribution < 1.29 is 0 Å². The van der Waals surface area contributed by atoms with E-state index in [4.69, 9.17) is 11.6 Å². The molecule has 0 unspecified atom stereocenters. The van der Waals surface area contributed by atoms with Gasteiger partial charge in [0.25, 0.3) is 0 Å². The Morgan fingerprint density at radius 3 is 2.68 bits per heavy atom. The molecule has 3 rings (SSSR count). The molecule has 0 bridgehead atoms. The van der Waals surface area contributed by atoms with E-state index in [1.165, 1.54) is 11.1 Å². The van der Waals surface area contributed by atoms with Gasteiger partial charge in [0.1, 0.15) is 11.3 Å². The smallest absolute Gasteiger partial charge is 0.107 e. The van der Waals surface area contributed by atoms with Gasteiger partial charge in [-0.2, -0.15) is 0 Å². The molecule has 0 atom stereocenters. The Balaban J connectivity index is 1.83. The van der Waals surface area contributed by atoms with Crippen LogP contribution in [0.1, 0.15) is 17.0 Å². The van der Waals surface area contributed by atoms with E-state index < -0.39 is 0 Å². The minimum absolute atomic E-state index is 0.705. The van der Waals surface area contributed by atoms with E-state index >= 15 is 0 Å². The Bertz CT molecular complexity index is 716. The van der Waals surface area contributed by atoms with Crippen molar-refractivity contribution in [2.75, 3.05) is 0 Å². The first-order valence-corrected chi connectivity index (χ1v) is 6.79. The topological polar surface area (TPSA) is 28.7 Å². The second-order valence-corrected chi connectivity index (χ2v) is 5.15. The van der Waals surface area contributed by atoms with Gasteiger partial charge in [-0.25, -0.2) is 4.98 Å². The maximum Gasteiger partial charge on any atom is 0.107 e. The standard InChI is InChI=1S/C16H15ClN2/c1-11-5-2-3-6-12(11)9-10-15-18-14-8-4-7-13(17)16(14)19-15/h2-8H,9-10H2,1H3,(H,18,19). The van der Waals surface area contributed by atoms with E-state index in [2.05, 4.69) is 41.2 Å². The highest BCUT2D eigenvalue weighted by Crippen LogP contribution is 2.21. The van der Waals surface area contributed by atoms with Gasteiger partial charge in [-0.15, -0.1) is 0 Å². The van der Waals surface area contributed by atoms with Gasteiger partial charge in [-0.1, -0.05) is 41.9 Å². The van der Waals surface area contributed by atoms with Crippen molar-refractivity contribution in [3.63, 3.8) is 0 Å². The van der Waals surface area contributed by atoms with Crippen LogP contribution in [0.3, 0.4) is 0 Å². The summed E-state index contributed by atoms with van der Waals surface area (Å²) in [5, 5.41) is 0.705. The Hall–Kier alpha value is -1.80. The van der Waals surface area contributed by atoms with Crippen LogP contribution in [0.25, 0.3) is 11.0 Å². The van der Waals surface area contributed by atoms with Gasteiger partial charge in [0.05, 0.1) is 10.5 Å². The second-order valence-electron chi connectivity index (χ2n) is 4.75. The van der Waals surface area contributed by atoms with E-state index in [1.54, 1.807) is 0 Å². The van der Waals surface area contributed by atoms with Crippen molar-refractivity contribution in [3.8, 4) is 0 Å². The lowest BCUT2D eigenvalue weighted by atomic mass is 10.0. The number of imidazole rings is 1. The Kier molecular flexibility index (Phi) is 3.26. The average molecular weight is 271 g/mol. The summed E-state index contributed by atoms with van der Waals surface area (Å²) >= 11 is 6.13. The molecule has 19 heavy (non-hydrogen) atoms. The van der Waals surface area contributed by atoms with Crippen molar-refractivity contribution >= 4 is 22.6 Å². The molecule has 0 aliphatic rings. The van der Waals surface area contributed by atoms with Crippen molar-refractivity contribution in [2.24, 2.45) is 0 Å². The van der Waals surface area contributed by atoms with Crippen LogP contribution in [0.2, 0.25) is 5.02 Å². The summed E-state index contributed by atoms with van der Waals surface area (Å²) in [6, 6.07) is 14.3. The van der Waals surface area contributed by atoms with Gasteiger partial charge in [0, 0.05) is 6.42 Å². The summed E-state index contributed by atoms with van der Waals surface area (Å²) in [5.41, 5.74) is 4.57. The number of aryl methyl sites for hydroxylation is 3. The lowest BCUT2D eigenvalue weighted by Crippen LogP contribution is -1.95. The minimum Gasteiger partial charge on any atom is -0.342 e. The number of nitrogens with zero attached hydrogens (tertiary/aromatic N) is 1. The zero-order valence-corrected chi connectivity index (χ0v) is 11.5. The number of halogens is 1. The fourth-order valence-electron chi connectivity index (χ4n) is 2.31. The number of fused-ring (bicyclic) bond motifs is 1. The fourth-order valence-corrected chi connectivity index (χ4v) is 2.53. The van der Waals surface area contributed by atoms with Gasteiger partial charge in [-0.3, -0.25) is 0 Å². The molecule has 2 aromatic carbocycles. The summed E-state index contributed by atoms with van der Waals surface area (Å²) < 4.78 is 0. The number of benzene rings is 2. The predicted molar refractivity (Wildman–Crippen MR) is 79.7 cm³/mol. The first kappa shape index (κ1) is 12.2. The quantitative estimate of drug-likeness (QED) is 0.755. The molecule has 1 aromatic heterocycles. The highest BCUT2D eigenvalue weighted by molar-refractivity contribution is 6.34. The summed E-state index contributed by atoms with van der Waals surface area (Å²) in [6.45, 7) is 2.14. The van der Waals surface area contributed by atoms with Crippen LogP contribution < -0.4 is 0 Å². The summed E-state index contributed by atoms with van der Waals surface area (Å²) in [7, 11) is 0. The van der Waals surface area contributed by atoms with Crippen LogP contribution in [-0.2, 0) is 12.8 Å². The summed E-state index contributed by atoms with van der Waals surface area (Å²) in [5.74, 6) is 0.992. The van der Waals surface area contributed by atoms with Crippen LogP contribution in [-0.4, -0.2) is 9.97 Å². The molecule has 0 spiro atoms. The number of para-hydroxylation sites is 1. The van der Waals surface area contributed by atoms with Gasteiger partial charge >= 0.3 is 0 Å². The zero-order valence-electron chi connectivity index (χ0n) is 10.8. The molecule has 0 aliphatic heterocycles. The predicted octanol–water partition coefficient (Wildman–Crippen LogP) is 4.31. The Labute approximate surface area is 117 Å².